The van der Waals surface area contributed by atoms with Crippen molar-refractivity contribution in [1.82, 2.24) is 15.2 Å². The largest absolute Gasteiger partial charge is 0.379 e. The molecule has 2 amide bonds. The lowest BCUT2D eigenvalue weighted by molar-refractivity contribution is -0.121. The van der Waals surface area contributed by atoms with Crippen LogP contribution >= 0.6 is 11.6 Å². The van der Waals surface area contributed by atoms with E-state index in [2.05, 4.69) is 20.5 Å². The van der Waals surface area contributed by atoms with Crippen LogP contribution in [0.25, 0.3) is 0 Å². The Balaban J connectivity index is 1.53. The third-order valence-electron chi connectivity index (χ3n) is 5.25. The lowest BCUT2D eigenvalue weighted by Crippen LogP contribution is -2.49. The molecule has 2 aliphatic rings. The van der Waals surface area contributed by atoms with Gasteiger partial charge in [0.05, 0.1) is 23.7 Å². The lowest BCUT2D eigenvalue weighted by Gasteiger charge is -2.37. The van der Waals surface area contributed by atoms with Gasteiger partial charge in [-0.3, -0.25) is 14.5 Å². The number of methoxy groups -OCH3 is 1. The van der Waals surface area contributed by atoms with Crippen LogP contribution in [0.2, 0.25) is 5.02 Å². The summed E-state index contributed by atoms with van der Waals surface area (Å²) >= 11 is 5.80. The van der Waals surface area contributed by atoms with E-state index in [1.54, 1.807) is 19.2 Å². The van der Waals surface area contributed by atoms with Gasteiger partial charge in [-0.25, -0.2) is 4.98 Å². The fourth-order valence-electron chi connectivity index (χ4n) is 4.15. The normalized spacial score (nSPS) is 28.4. The highest BCUT2D eigenvalue weighted by Gasteiger charge is 2.42. The summed E-state index contributed by atoms with van der Waals surface area (Å²) in [5.41, 5.74) is 0. The first-order chi connectivity index (χ1) is 12.4. The topological polar surface area (TPSA) is 83.6 Å². The number of amides is 2. The molecular formula is C18H25ClN4O3. The fourth-order valence-corrected chi connectivity index (χ4v) is 4.26. The summed E-state index contributed by atoms with van der Waals surface area (Å²) in [5.74, 6) is 1.35. The van der Waals surface area contributed by atoms with Crippen molar-refractivity contribution in [2.45, 2.75) is 31.9 Å². The molecule has 142 valence electrons. The van der Waals surface area contributed by atoms with E-state index in [1.165, 1.54) is 13.1 Å². The third kappa shape index (κ3) is 4.72. The van der Waals surface area contributed by atoms with Crippen LogP contribution in [-0.2, 0) is 14.3 Å². The van der Waals surface area contributed by atoms with E-state index >= 15 is 0 Å². The van der Waals surface area contributed by atoms with Gasteiger partial charge in [-0.1, -0.05) is 11.6 Å². The Labute approximate surface area is 158 Å². The van der Waals surface area contributed by atoms with Crippen LogP contribution in [0.5, 0.6) is 0 Å². The molecule has 8 heteroatoms. The van der Waals surface area contributed by atoms with Crippen LogP contribution in [0.4, 0.5) is 5.82 Å². The van der Waals surface area contributed by atoms with Gasteiger partial charge in [0, 0.05) is 33.3 Å². The van der Waals surface area contributed by atoms with E-state index in [0.29, 0.717) is 29.2 Å². The van der Waals surface area contributed by atoms with Gasteiger partial charge in [-0.05, 0) is 36.8 Å². The van der Waals surface area contributed by atoms with Crippen LogP contribution in [0.3, 0.4) is 0 Å². The number of hydrogen-bond donors (Lipinski definition) is 2. The molecule has 1 saturated heterocycles. The monoisotopic (exact) mass is 380 g/mol. The summed E-state index contributed by atoms with van der Waals surface area (Å²) in [7, 11) is 1.69. The number of rotatable bonds is 5. The number of halogens is 1. The summed E-state index contributed by atoms with van der Waals surface area (Å²) in [6.07, 6.45) is 3.34. The van der Waals surface area contributed by atoms with Gasteiger partial charge in [-0.15, -0.1) is 0 Å². The van der Waals surface area contributed by atoms with Crippen LogP contribution in [0, 0.1) is 11.8 Å². The summed E-state index contributed by atoms with van der Waals surface area (Å²) in [5, 5.41) is 6.34. The molecule has 1 aliphatic carbocycles. The zero-order valence-electron chi connectivity index (χ0n) is 15.1. The average Bonchev–Trinajstić information content (AvgIpc) is 2.96. The fraction of sp³-hybridized carbons (Fsp3) is 0.611. The maximum Gasteiger partial charge on any atom is 0.239 e. The second-order valence-corrected chi connectivity index (χ2v) is 7.61. The number of nitrogens with zero attached hydrogens (tertiary/aromatic N) is 2. The molecule has 0 spiro atoms. The highest BCUT2D eigenvalue weighted by atomic mass is 35.5. The minimum atomic E-state index is -0.0832. The maximum atomic E-state index is 12.3. The minimum Gasteiger partial charge on any atom is -0.379 e. The average molecular weight is 381 g/mol. The van der Waals surface area contributed by atoms with E-state index in [1.807, 2.05) is 0 Å². The number of hydrogen-bond acceptors (Lipinski definition) is 5. The number of nitrogens with one attached hydrogen (secondary N) is 2. The van der Waals surface area contributed by atoms with E-state index in [4.69, 9.17) is 16.3 Å². The van der Waals surface area contributed by atoms with Gasteiger partial charge < -0.3 is 15.4 Å². The highest BCUT2D eigenvalue weighted by Crippen LogP contribution is 2.37. The van der Waals surface area contributed by atoms with E-state index < -0.39 is 0 Å². The molecule has 7 nitrogen and oxygen atoms in total. The molecular weight excluding hydrogens is 356 g/mol. The highest BCUT2D eigenvalue weighted by molar-refractivity contribution is 6.30. The van der Waals surface area contributed by atoms with E-state index in [0.717, 1.165) is 25.9 Å². The van der Waals surface area contributed by atoms with Gasteiger partial charge in [0.25, 0.3) is 0 Å². The minimum absolute atomic E-state index is 0.0276. The maximum absolute atomic E-state index is 12.3. The van der Waals surface area contributed by atoms with E-state index in [-0.39, 0.29) is 24.0 Å². The summed E-state index contributed by atoms with van der Waals surface area (Å²) in [6, 6.07) is 3.43. The second kappa shape index (κ2) is 8.33. The predicted molar refractivity (Wildman–Crippen MR) is 98.9 cm³/mol. The smallest absolute Gasteiger partial charge is 0.239 e. The standard InChI is InChI=1S/C18H25ClN4O3/c1-11(24)21-15-5-12-8-23(9-13(12)6-16(15)26-2)10-18(25)22-17-4-3-14(19)7-20-17/h3-4,7,12-13,15-16H,5-6,8-10H2,1-2H3,(H,21,24)(H,20,22,25)/t12-,13+,15-,16-/m1/s1. The predicted octanol–water partition coefficient (Wildman–Crippen LogP) is 1.53. The molecule has 0 radical (unpaired) electrons. The van der Waals surface area contributed by atoms with Gasteiger partial charge in [0.15, 0.2) is 0 Å². The lowest BCUT2D eigenvalue weighted by atomic mass is 9.77. The van der Waals surface area contributed by atoms with Crippen molar-refractivity contribution in [2.24, 2.45) is 11.8 Å². The van der Waals surface area contributed by atoms with Crippen molar-refractivity contribution in [3.8, 4) is 0 Å². The van der Waals surface area contributed by atoms with Crippen molar-refractivity contribution < 1.29 is 14.3 Å². The quantitative estimate of drug-likeness (QED) is 0.809. The first-order valence-electron chi connectivity index (χ1n) is 8.88. The van der Waals surface area contributed by atoms with Crippen molar-refractivity contribution in [1.29, 1.82) is 0 Å². The van der Waals surface area contributed by atoms with Gasteiger partial charge in [0.2, 0.25) is 11.8 Å². The van der Waals surface area contributed by atoms with Crippen molar-refractivity contribution >= 4 is 29.2 Å². The summed E-state index contributed by atoms with van der Waals surface area (Å²) in [4.78, 5) is 30.0. The first-order valence-corrected chi connectivity index (χ1v) is 9.26. The SMILES string of the molecule is CO[C@@H]1C[C@H]2CN(CC(=O)Nc3ccc(Cl)cn3)C[C@H]2C[C@H]1NC(C)=O. The molecule has 2 heterocycles. The van der Waals surface area contributed by atoms with Crippen LogP contribution in [-0.4, -0.2) is 60.6 Å². The van der Waals surface area contributed by atoms with Gasteiger partial charge in [-0.2, -0.15) is 0 Å². The Bertz CT molecular complexity index is 654. The molecule has 2 fully saturated rings. The molecule has 3 rings (SSSR count). The summed E-state index contributed by atoms with van der Waals surface area (Å²) in [6.45, 7) is 3.60. The number of carbonyl (C=O) groups is 2. The zero-order chi connectivity index (χ0) is 18.7. The second-order valence-electron chi connectivity index (χ2n) is 7.18. The number of aromatic nitrogens is 1. The zero-order valence-corrected chi connectivity index (χ0v) is 15.8. The molecule has 4 atom stereocenters. The number of pyridine rings is 1. The molecule has 0 bridgehead atoms. The molecule has 0 unspecified atom stereocenters. The summed E-state index contributed by atoms with van der Waals surface area (Å²) < 4.78 is 5.59. The Morgan fingerprint density at radius 2 is 2.04 bits per heavy atom. The molecule has 2 N–H and O–H groups in total. The molecule has 1 saturated carbocycles. The molecule has 1 aromatic heterocycles. The molecule has 1 aromatic rings. The number of ether oxygens (including phenoxy) is 1. The Morgan fingerprint density at radius 3 is 2.65 bits per heavy atom. The van der Waals surface area contributed by atoms with Gasteiger partial charge >= 0.3 is 0 Å². The Hall–Kier alpha value is -1.70. The molecule has 1 aliphatic heterocycles. The number of carbonyl (C=O) groups excluding carboxylic acids is 2. The Morgan fingerprint density at radius 1 is 1.31 bits per heavy atom. The van der Waals surface area contributed by atoms with Crippen LogP contribution in [0.1, 0.15) is 19.8 Å². The van der Waals surface area contributed by atoms with Crippen molar-refractivity contribution in [2.75, 3.05) is 32.1 Å². The van der Waals surface area contributed by atoms with Gasteiger partial charge in [0.1, 0.15) is 5.82 Å². The number of anilines is 1. The number of likely N-dealkylation sites (tertiary alicyclic amines) is 1. The van der Waals surface area contributed by atoms with Crippen LogP contribution in [0.15, 0.2) is 18.3 Å². The number of fused-ring (bicyclic) bond motifs is 1. The molecule has 0 aromatic carbocycles. The van der Waals surface area contributed by atoms with Crippen molar-refractivity contribution in [3.05, 3.63) is 23.4 Å². The first kappa shape index (κ1) is 19.1. The Kier molecular flexibility index (Phi) is 6.11. The van der Waals surface area contributed by atoms with Crippen LogP contribution < -0.4 is 10.6 Å². The third-order valence-corrected chi connectivity index (χ3v) is 5.47. The van der Waals surface area contributed by atoms with Crippen molar-refractivity contribution in [3.63, 3.8) is 0 Å². The molecule has 26 heavy (non-hydrogen) atoms. The van der Waals surface area contributed by atoms with E-state index in [9.17, 15) is 9.59 Å².